The van der Waals surface area contributed by atoms with E-state index in [-0.39, 0.29) is 0 Å². The van der Waals surface area contributed by atoms with Crippen molar-refractivity contribution in [3.8, 4) is 0 Å². The number of hydrogen-bond acceptors (Lipinski definition) is 7. The van der Waals surface area contributed by atoms with Crippen LogP contribution in [0.25, 0.3) is 0 Å². The second-order valence-corrected chi connectivity index (χ2v) is 10.8. The standard InChI is InChI=1S/C10H12Cl6N4OS2/c1-3-5-17-9(19-22-5,7(11,12)13)21-10(8(14,15)16)18-6(4-2)23-20-10/h19-20H,3-4H2,1-2H3. The van der Waals surface area contributed by atoms with Gasteiger partial charge >= 0.3 is 0 Å². The fraction of sp³-hybridized carbons (Fsp3) is 0.800. The third-order valence-corrected chi connectivity index (χ3v) is 6.37. The van der Waals surface area contributed by atoms with Gasteiger partial charge in [-0.3, -0.25) is 4.74 Å². The molecule has 0 saturated heterocycles. The van der Waals surface area contributed by atoms with Crippen LogP contribution in [0.2, 0.25) is 0 Å². The summed E-state index contributed by atoms with van der Waals surface area (Å²) in [4.78, 5) is 8.68. The van der Waals surface area contributed by atoms with Crippen molar-refractivity contribution in [2.75, 3.05) is 0 Å². The van der Waals surface area contributed by atoms with Crippen LogP contribution in [-0.4, -0.2) is 29.4 Å². The van der Waals surface area contributed by atoms with Crippen LogP contribution in [0.5, 0.6) is 0 Å². The molecule has 0 aromatic rings. The molecule has 0 amide bonds. The maximum atomic E-state index is 6.09. The smallest absolute Gasteiger partial charge is 0.278 e. The Morgan fingerprint density at radius 3 is 1.43 bits per heavy atom. The number of ether oxygens (including phenoxy) is 1. The first-order chi connectivity index (χ1) is 10.5. The van der Waals surface area contributed by atoms with E-state index in [1.807, 2.05) is 13.8 Å². The predicted octanol–water partition coefficient (Wildman–Crippen LogP) is 5.17. The molecule has 2 heterocycles. The SMILES string of the molecule is CCC1=NC(OC2(C(Cl)(Cl)Cl)N=C(CC)SN2)(C(Cl)(Cl)Cl)NS1. The average Bonchev–Trinajstić information content (AvgIpc) is 3.03. The Hall–Kier alpha value is 1.66. The lowest BCUT2D eigenvalue weighted by Gasteiger charge is -2.41. The minimum Gasteiger partial charge on any atom is -0.290 e. The van der Waals surface area contributed by atoms with Crippen LogP contribution in [0.15, 0.2) is 9.98 Å². The molecule has 2 aliphatic rings. The molecule has 13 heteroatoms. The molecule has 2 rings (SSSR count). The molecule has 5 nitrogen and oxygen atoms in total. The largest absolute Gasteiger partial charge is 0.290 e. The third kappa shape index (κ3) is 4.16. The first-order valence-corrected chi connectivity index (χ1v) is 10.3. The van der Waals surface area contributed by atoms with Crippen molar-refractivity contribution in [1.29, 1.82) is 0 Å². The maximum Gasteiger partial charge on any atom is 0.278 e. The van der Waals surface area contributed by atoms with Crippen LogP contribution in [0.3, 0.4) is 0 Å². The number of aliphatic imine (C=N–C) groups is 2. The molecule has 0 bridgehead atoms. The lowest BCUT2D eigenvalue weighted by atomic mass is 10.4. The van der Waals surface area contributed by atoms with Crippen LogP contribution in [0.4, 0.5) is 0 Å². The summed E-state index contributed by atoms with van der Waals surface area (Å²) in [6, 6.07) is 0. The molecule has 0 aromatic carbocycles. The van der Waals surface area contributed by atoms with Gasteiger partial charge in [0.1, 0.15) is 0 Å². The second kappa shape index (κ2) is 7.35. The number of nitrogens with one attached hydrogen (secondary N) is 2. The van der Waals surface area contributed by atoms with Gasteiger partial charge in [0.05, 0.1) is 10.1 Å². The molecule has 2 aliphatic heterocycles. The Balaban J connectivity index is 2.46. The maximum absolute atomic E-state index is 6.09. The van der Waals surface area contributed by atoms with Crippen molar-refractivity contribution in [2.45, 2.75) is 46.0 Å². The number of alkyl halides is 6. The van der Waals surface area contributed by atoms with Crippen molar-refractivity contribution < 1.29 is 4.74 Å². The number of rotatable bonds is 4. The Labute approximate surface area is 172 Å². The van der Waals surface area contributed by atoms with Crippen molar-refractivity contribution >= 4 is 104 Å². The molecule has 2 N–H and O–H groups in total. The Kier molecular flexibility index (Phi) is 6.70. The highest BCUT2D eigenvalue weighted by Crippen LogP contribution is 2.52. The molecule has 0 aliphatic carbocycles. The van der Waals surface area contributed by atoms with Gasteiger partial charge < -0.3 is 0 Å². The number of nitrogens with zero attached hydrogens (tertiary/aromatic N) is 2. The summed E-state index contributed by atoms with van der Waals surface area (Å²) in [5.41, 5.74) is 0. The van der Waals surface area contributed by atoms with Gasteiger partial charge in [-0.05, 0) is 36.7 Å². The first kappa shape index (κ1) is 21.0. The molecule has 2 unspecified atom stereocenters. The number of halogens is 6. The highest BCUT2D eigenvalue weighted by Gasteiger charge is 2.64. The molecule has 23 heavy (non-hydrogen) atoms. The van der Waals surface area contributed by atoms with E-state index in [1.165, 1.54) is 23.9 Å². The number of hydrogen-bond donors (Lipinski definition) is 2. The molecule has 0 radical (unpaired) electrons. The summed E-state index contributed by atoms with van der Waals surface area (Å²) in [5.74, 6) is -3.53. The van der Waals surface area contributed by atoms with E-state index in [4.69, 9.17) is 74.3 Å². The van der Waals surface area contributed by atoms with Crippen molar-refractivity contribution in [3.63, 3.8) is 0 Å². The van der Waals surface area contributed by atoms with Gasteiger partial charge in [-0.2, -0.15) is 0 Å². The highest BCUT2D eigenvalue weighted by atomic mass is 35.6. The Bertz CT molecular complexity index is 490. The van der Waals surface area contributed by atoms with Crippen LogP contribution < -0.4 is 9.44 Å². The van der Waals surface area contributed by atoms with Gasteiger partial charge in [0.15, 0.2) is 0 Å². The average molecular weight is 481 g/mol. The Morgan fingerprint density at radius 1 is 0.870 bits per heavy atom. The predicted molar refractivity (Wildman–Crippen MR) is 104 cm³/mol. The van der Waals surface area contributed by atoms with E-state index in [9.17, 15) is 0 Å². The fourth-order valence-corrected chi connectivity index (χ4v) is 4.40. The molecule has 132 valence electrons. The van der Waals surface area contributed by atoms with E-state index in [0.29, 0.717) is 22.9 Å². The molecular formula is C10H12Cl6N4OS2. The molecule has 0 aromatic heterocycles. The fourth-order valence-electron chi connectivity index (χ4n) is 1.66. The lowest BCUT2D eigenvalue weighted by Crippen LogP contribution is -2.62. The van der Waals surface area contributed by atoms with Crippen molar-refractivity contribution in [3.05, 3.63) is 0 Å². The van der Waals surface area contributed by atoms with Crippen molar-refractivity contribution in [1.82, 2.24) is 9.44 Å². The topological polar surface area (TPSA) is 58.0 Å². The van der Waals surface area contributed by atoms with E-state index < -0.39 is 19.3 Å². The molecular weight excluding hydrogens is 469 g/mol. The van der Waals surface area contributed by atoms with Crippen LogP contribution in [0.1, 0.15) is 26.7 Å². The van der Waals surface area contributed by atoms with E-state index in [1.54, 1.807) is 0 Å². The zero-order chi connectivity index (χ0) is 17.5. The van der Waals surface area contributed by atoms with Gasteiger partial charge in [-0.25, -0.2) is 19.4 Å². The van der Waals surface area contributed by atoms with Crippen LogP contribution in [-0.2, 0) is 4.74 Å². The van der Waals surface area contributed by atoms with Gasteiger partial charge in [0.25, 0.3) is 19.3 Å². The molecule has 2 atom stereocenters. The van der Waals surface area contributed by atoms with Gasteiger partial charge in [0.2, 0.25) is 0 Å². The summed E-state index contributed by atoms with van der Waals surface area (Å²) in [6.07, 6.45) is 1.24. The van der Waals surface area contributed by atoms with Gasteiger partial charge in [-0.15, -0.1) is 0 Å². The summed E-state index contributed by atoms with van der Waals surface area (Å²) in [5, 5.41) is 1.36. The van der Waals surface area contributed by atoms with Crippen molar-refractivity contribution in [2.24, 2.45) is 9.98 Å². The normalized spacial score (nSPS) is 32.2. The Morgan fingerprint density at radius 2 is 1.22 bits per heavy atom. The molecule has 0 spiro atoms. The van der Waals surface area contributed by atoms with E-state index in [2.05, 4.69) is 19.4 Å². The minimum absolute atomic E-state index is 0.621. The van der Waals surface area contributed by atoms with E-state index >= 15 is 0 Å². The highest BCUT2D eigenvalue weighted by molar-refractivity contribution is 8.12. The van der Waals surface area contributed by atoms with Gasteiger partial charge in [-0.1, -0.05) is 83.5 Å². The lowest BCUT2D eigenvalue weighted by molar-refractivity contribution is -0.153. The molecule has 0 saturated carbocycles. The zero-order valence-corrected chi connectivity index (χ0v) is 18.0. The zero-order valence-electron chi connectivity index (χ0n) is 11.8. The molecule has 0 fully saturated rings. The van der Waals surface area contributed by atoms with Gasteiger partial charge in [0, 0.05) is 0 Å². The summed E-state index contributed by atoms with van der Waals surface area (Å²) in [7, 11) is 0. The third-order valence-electron chi connectivity index (χ3n) is 2.85. The summed E-state index contributed by atoms with van der Waals surface area (Å²) < 4.78 is 7.70. The first-order valence-electron chi connectivity index (χ1n) is 6.37. The van der Waals surface area contributed by atoms with Crippen LogP contribution >= 0.6 is 93.5 Å². The monoisotopic (exact) mass is 478 g/mol. The van der Waals surface area contributed by atoms with E-state index in [0.717, 1.165) is 0 Å². The minimum atomic E-state index is -1.98. The second-order valence-electron chi connectivity index (χ2n) is 4.51. The quantitative estimate of drug-likeness (QED) is 0.429. The summed E-state index contributed by atoms with van der Waals surface area (Å²) >= 11 is 38.9. The summed E-state index contributed by atoms with van der Waals surface area (Å²) in [6.45, 7) is 3.81. The van der Waals surface area contributed by atoms with Crippen LogP contribution in [0, 0.1) is 0 Å².